The van der Waals surface area contributed by atoms with Crippen molar-refractivity contribution in [3.8, 4) is 0 Å². The van der Waals surface area contributed by atoms with Crippen LogP contribution >= 0.6 is 0 Å². The lowest BCUT2D eigenvalue weighted by atomic mass is 9.94. The van der Waals surface area contributed by atoms with Crippen LogP contribution in [0.4, 0.5) is 10.1 Å². The number of rotatable bonds is 5. The van der Waals surface area contributed by atoms with Crippen molar-refractivity contribution in [2.24, 2.45) is 17.8 Å². The minimum Gasteiger partial charge on any atom is -0.480 e. The van der Waals surface area contributed by atoms with Crippen molar-refractivity contribution in [1.29, 1.82) is 0 Å². The van der Waals surface area contributed by atoms with Crippen LogP contribution in [-0.2, 0) is 9.59 Å². The summed E-state index contributed by atoms with van der Waals surface area (Å²) in [6.07, 6.45) is 2.99. The molecule has 0 radical (unpaired) electrons. The van der Waals surface area contributed by atoms with Gasteiger partial charge in [-0.1, -0.05) is 20.3 Å². The molecule has 0 bridgehead atoms. The van der Waals surface area contributed by atoms with Crippen LogP contribution in [0.5, 0.6) is 0 Å². The molecule has 0 unspecified atom stereocenters. The number of halogens is 1. The molecule has 146 valence electrons. The highest BCUT2D eigenvalue weighted by Crippen LogP contribution is 2.42. The van der Waals surface area contributed by atoms with E-state index in [4.69, 9.17) is 0 Å². The Bertz CT molecular complexity index is 764. The molecule has 7 heteroatoms. The summed E-state index contributed by atoms with van der Waals surface area (Å²) in [5.74, 6) is -2.14. The number of benzene rings is 1. The molecule has 1 saturated carbocycles. The van der Waals surface area contributed by atoms with E-state index in [9.17, 15) is 23.9 Å². The Morgan fingerprint density at radius 2 is 2.04 bits per heavy atom. The lowest BCUT2D eigenvalue weighted by Gasteiger charge is -2.24. The highest BCUT2D eigenvalue weighted by atomic mass is 19.1. The van der Waals surface area contributed by atoms with E-state index >= 15 is 0 Å². The third kappa shape index (κ3) is 3.96. The fourth-order valence-electron chi connectivity index (χ4n) is 4.32. The molecular formula is C20H25FN2O4. The van der Waals surface area contributed by atoms with E-state index in [-0.39, 0.29) is 41.3 Å². The van der Waals surface area contributed by atoms with Crippen LogP contribution in [0.3, 0.4) is 0 Å². The zero-order valence-corrected chi connectivity index (χ0v) is 15.6. The van der Waals surface area contributed by atoms with Crippen molar-refractivity contribution in [3.63, 3.8) is 0 Å². The number of likely N-dealkylation sites (tertiary alicyclic amines) is 1. The number of nitrogens with one attached hydrogen (secondary N) is 1. The highest BCUT2D eigenvalue weighted by molar-refractivity contribution is 5.98. The first kappa shape index (κ1) is 19.3. The fourth-order valence-corrected chi connectivity index (χ4v) is 4.32. The van der Waals surface area contributed by atoms with Gasteiger partial charge in [-0.25, -0.2) is 9.18 Å². The van der Waals surface area contributed by atoms with Gasteiger partial charge in [-0.2, -0.15) is 0 Å². The normalized spacial score (nSPS) is 24.1. The van der Waals surface area contributed by atoms with Crippen molar-refractivity contribution >= 4 is 23.5 Å². The number of carbonyl (C=O) groups excluding carboxylic acids is 2. The van der Waals surface area contributed by atoms with E-state index in [1.54, 1.807) is 0 Å². The molecule has 1 aliphatic carbocycles. The van der Waals surface area contributed by atoms with Crippen LogP contribution in [0.2, 0.25) is 0 Å². The number of amides is 2. The molecule has 1 aromatic carbocycles. The van der Waals surface area contributed by atoms with Crippen LogP contribution < -0.4 is 5.32 Å². The fraction of sp³-hybridized carbons (Fsp3) is 0.550. The molecule has 2 fully saturated rings. The number of hydrogen-bond acceptors (Lipinski definition) is 3. The first-order valence-corrected chi connectivity index (χ1v) is 9.41. The van der Waals surface area contributed by atoms with Crippen molar-refractivity contribution in [1.82, 2.24) is 4.90 Å². The molecule has 0 aromatic heterocycles. The van der Waals surface area contributed by atoms with Gasteiger partial charge in [0.15, 0.2) is 0 Å². The molecule has 1 aromatic rings. The monoisotopic (exact) mass is 376 g/mol. The lowest BCUT2D eigenvalue weighted by Crippen LogP contribution is -2.43. The van der Waals surface area contributed by atoms with Crippen LogP contribution in [0.1, 0.15) is 49.9 Å². The summed E-state index contributed by atoms with van der Waals surface area (Å²) >= 11 is 0. The maximum Gasteiger partial charge on any atom is 0.326 e. The average Bonchev–Trinajstić information content (AvgIpc) is 3.15. The van der Waals surface area contributed by atoms with Crippen molar-refractivity contribution in [2.75, 3.05) is 11.9 Å². The average molecular weight is 376 g/mol. The summed E-state index contributed by atoms with van der Waals surface area (Å²) in [7, 11) is 0. The molecular weight excluding hydrogens is 351 g/mol. The minimum absolute atomic E-state index is 0.0188. The third-order valence-corrected chi connectivity index (χ3v) is 5.49. The van der Waals surface area contributed by atoms with Crippen LogP contribution in [0.25, 0.3) is 0 Å². The Kier molecular flexibility index (Phi) is 5.48. The predicted molar refractivity (Wildman–Crippen MR) is 97.8 cm³/mol. The predicted octanol–water partition coefficient (Wildman–Crippen LogP) is 3.14. The molecule has 1 saturated heterocycles. The quantitative estimate of drug-likeness (QED) is 0.827. The largest absolute Gasteiger partial charge is 0.480 e. The number of carbonyl (C=O) groups is 3. The van der Waals surface area contributed by atoms with Crippen molar-refractivity contribution in [3.05, 3.63) is 29.6 Å². The number of carboxylic acids is 1. The Labute approximate surface area is 157 Å². The van der Waals surface area contributed by atoms with Gasteiger partial charge >= 0.3 is 5.97 Å². The van der Waals surface area contributed by atoms with Gasteiger partial charge in [0, 0.05) is 18.5 Å². The Hall–Kier alpha value is -2.44. The number of carboxylic acid groups (broad SMARTS) is 1. The van der Waals surface area contributed by atoms with Gasteiger partial charge in [-0.05, 0) is 48.8 Å². The molecule has 3 atom stereocenters. The smallest absolute Gasteiger partial charge is 0.326 e. The summed E-state index contributed by atoms with van der Waals surface area (Å²) in [5.41, 5.74) is 0.117. The summed E-state index contributed by atoms with van der Waals surface area (Å²) in [4.78, 5) is 37.7. The van der Waals surface area contributed by atoms with E-state index in [2.05, 4.69) is 5.32 Å². The summed E-state index contributed by atoms with van der Waals surface area (Å²) < 4.78 is 14.4. The molecule has 3 rings (SSSR count). The molecule has 6 nitrogen and oxygen atoms in total. The zero-order chi connectivity index (χ0) is 19.7. The van der Waals surface area contributed by atoms with Gasteiger partial charge in [0.1, 0.15) is 11.9 Å². The summed E-state index contributed by atoms with van der Waals surface area (Å²) in [6, 6.07) is 3.01. The van der Waals surface area contributed by atoms with Gasteiger partial charge in [-0.15, -0.1) is 0 Å². The van der Waals surface area contributed by atoms with E-state index < -0.39 is 23.7 Å². The SMILES string of the molecule is CC(C)CC(=O)Nc1ccc(C(=O)N2C[C@@H]3CCC[C@H]3[C@H]2C(=O)O)cc1F. The first-order valence-electron chi connectivity index (χ1n) is 9.41. The second-order valence-corrected chi connectivity index (χ2v) is 7.94. The Morgan fingerprint density at radius 1 is 1.30 bits per heavy atom. The minimum atomic E-state index is -1.00. The third-order valence-electron chi connectivity index (χ3n) is 5.49. The van der Waals surface area contributed by atoms with Crippen LogP contribution in [-0.4, -0.2) is 40.4 Å². The molecule has 2 aliphatic rings. The van der Waals surface area contributed by atoms with Crippen LogP contribution in [0.15, 0.2) is 18.2 Å². The number of fused-ring (bicyclic) bond motifs is 1. The molecule has 1 heterocycles. The maximum atomic E-state index is 14.4. The maximum absolute atomic E-state index is 14.4. The topological polar surface area (TPSA) is 86.7 Å². The highest BCUT2D eigenvalue weighted by Gasteiger charge is 2.49. The van der Waals surface area contributed by atoms with Gasteiger partial charge in [0.2, 0.25) is 5.91 Å². The van der Waals surface area contributed by atoms with E-state index in [1.807, 2.05) is 13.8 Å². The number of anilines is 1. The molecule has 2 amide bonds. The van der Waals surface area contributed by atoms with E-state index in [0.717, 1.165) is 25.3 Å². The Balaban J connectivity index is 1.76. The summed E-state index contributed by atoms with van der Waals surface area (Å²) in [5, 5.41) is 12.1. The number of hydrogen-bond donors (Lipinski definition) is 2. The second-order valence-electron chi connectivity index (χ2n) is 7.94. The first-order chi connectivity index (χ1) is 12.8. The number of nitrogens with zero attached hydrogens (tertiary/aromatic N) is 1. The number of aliphatic carboxylic acids is 1. The summed E-state index contributed by atoms with van der Waals surface area (Å²) in [6.45, 7) is 4.18. The van der Waals surface area contributed by atoms with Crippen LogP contribution in [0, 0.1) is 23.6 Å². The molecule has 27 heavy (non-hydrogen) atoms. The standard InChI is InChI=1S/C20H25FN2O4/c1-11(2)8-17(24)22-16-7-6-12(9-15(16)21)19(25)23-10-13-4-3-5-14(13)18(23)20(26)27/h6-7,9,11,13-14,18H,3-5,8,10H2,1-2H3,(H,22,24)(H,26,27)/t13-,14+,18-/m0/s1. The van der Waals surface area contributed by atoms with Gasteiger partial charge in [-0.3, -0.25) is 9.59 Å². The van der Waals surface area contributed by atoms with Gasteiger partial charge < -0.3 is 15.3 Å². The van der Waals surface area contributed by atoms with Crippen molar-refractivity contribution in [2.45, 2.75) is 45.6 Å². The van der Waals surface area contributed by atoms with E-state index in [0.29, 0.717) is 6.54 Å². The second kappa shape index (κ2) is 7.66. The van der Waals surface area contributed by atoms with Gasteiger partial charge in [0.05, 0.1) is 5.69 Å². The molecule has 0 spiro atoms. The lowest BCUT2D eigenvalue weighted by molar-refractivity contribution is -0.142. The Morgan fingerprint density at radius 3 is 2.67 bits per heavy atom. The molecule has 2 N–H and O–H groups in total. The van der Waals surface area contributed by atoms with E-state index in [1.165, 1.54) is 17.0 Å². The molecule has 1 aliphatic heterocycles. The van der Waals surface area contributed by atoms with Crippen molar-refractivity contribution < 1.29 is 23.9 Å². The van der Waals surface area contributed by atoms with Gasteiger partial charge in [0.25, 0.3) is 5.91 Å². The zero-order valence-electron chi connectivity index (χ0n) is 15.6.